The van der Waals surface area contributed by atoms with Crippen molar-refractivity contribution in [3.05, 3.63) is 35.9 Å². The zero-order valence-electron chi connectivity index (χ0n) is 6.75. The van der Waals surface area contributed by atoms with E-state index in [1.165, 1.54) is 12.1 Å². The van der Waals surface area contributed by atoms with Crippen LogP contribution >= 0.6 is 0 Å². The van der Waals surface area contributed by atoms with Gasteiger partial charge in [-0.3, -0.25) is 0 Å². The summed E-state index contributed by atoms with van der Waals surface area (Å²) in [7, 11) is 0. The summed E-state index contributed by atoms with van der Waals surface area (Å²) in [4.78, 5) is 10.2. The average Bonchev–Trinajstić information content (AvgIpc) is 2.17. The van der Waals surface area contributed by atoms with Gasteiger partial charge < -0.3 is 20.1 Å². The summed E-state index contributed by atoms with van der Waals surface area (Å²) in [5.41, 5.74) is 0.346. The van der Waals surface area contributed by atoms with Gasteiger partial charge in [-0.25, -0.2) is 0 Å². The van der Waals surface area contributed by atoms with E-state index in [2.05, 4.69) is 0 Å². The quantitative estimate of drug-likeness (QED) is 0.615. The van der Waals surface area contributed by atoms with Gasteiger partial charge in [0.1, 0.15) is 12.2 Å². The molecule has 0 aliphatic rings. The molecule has 0 amide bonds. The van der Waals surface area contributed by atoms with Crippen LogP contribution in [0.1, 0.15) is 11.7 Å². The minimum absolute atomic E-state index is 0.346. The Hall–Kier alpha value is -1.39. The Morgan fingerprint density at radius 2 is 1.77 bits per heavy atom. The van der Waals surface area contributed by atoms with Crippen LogP contribution in [-0.2, 0) is 4.79 Å². The molecule has 70 valence electrons. The SMILES string of the molecule is O=C([O-])[C@@H](O)[C@@H](O)c1ccccc1. The van der Waals surface area contributed by atoms with Crippen molar-refractivity contribution in [2.24, 2.45) is 0 Å². The molecule has 1 rings (SSSR count). The minimum Gasteiger partial charge on any atom is -0.547 e. The topological polar surface area (TPSA) is 80.6 Å². The Balaban J connectivity index is 2.79. The number of carbonyl (C=O) groups is 1. The molecule has 0 saturated heterocycles. The second kappa shape index (κ2) is 4.02. The second-order valence-corrected chi connectivity index (χ2v) is 2.62. The van der Waals surface area contributed by atoms with Crippen LogP contribution in [0.2, 0.25) is 0 Å². The van der Waals surface area contributed by atoms with E-state index < -0.39 is 18.2 Å². The number of benzene rings is 1. The standard InChI is InChI=1S/C9H10O4/c10-7(8(11)9(12)13)6-4-2-1-3-5-6/h1-5,7-8,10-11H,(H,12,13)/p-1/t7-,8-/m0/s1. The Labute approximate surface area is 75.1 Å². The van der Waals surface area contributed by atoms with Crippen LogP contribution in [0.15, 0.2) is 30.3 Å². The van der Waals surface area contributed by atoms with Gasteiger partial charge in [0, 0.05) is 0 Å². The number of carboxylic acids is 1. The number of aliphatic carboxylic acids is 1. The van der Waals surface area contributed by atoms with E-state index in [0.29, 0.717) is 5.56 Å². The third-order valence-corrected chi connectivity index (χ3v) is 1.68. The molecule has 0 spiro atoms. The van der Waals surface area contributed by atoms with E-state index in [4.69, 9.17) is 5.11 Å². The summed E-state index contributed by atoms with van der Waals surface area (Å²) in [5, 5.41) is 28.4. The lowest BCUT2D eigenvalue weighted by atomic mass is 10.1. The zero-order chi connectivity index (χ0) is 9.84. The predicted molar refractivity (Wildman–Crippen MR) is 42.4 cm³/mol. The monoisotopic (exact) mass is 181 g/mol. The molecule has 0 aromatic heterocycles. The summed E-state index contributed by atoms with van der Waals surface area (Å²) in [6, 6.07) is 8.05. The van der Waals surface area contributed by atoms with Crippen LogP contribution in [0.4, 0.5) is 0 Å². The van der Waals surface area contributed by atoms with Gasteiger partial charge in [-0.15, -0.1) is 0 Å². The Bertz CT molecular complexity index is 283. The lowest BCUT2D eigenvalue weighted by molar-refractivity contribution is -0.318. The first-order chi connectivity index (χ1) is 6.13. The van der Waals surface area contributed by atoms with Crippen molar-refractivity contribution >= 4 is 5.97 Å². The van der Waals surface area contributed by atoms with Gasteiger partial charge in [0.2, 0.25) is 0 Å². The van der Waals surface area contributed by atoms with Crippen molar-refractivity contribution < 1.29 is 20.1 Å². The van der Waals surface area contributed by atoms with E-state index in [1.54, 1.807) is 18.2 Å². The molecule has 0 bridgehead atoms. The van der Waals surface area contributed by atoms with Gasteiger partial charge in [-0.1, -0.05) is 30.3 Å². The average molecular weight is 181 g/mol. The van der Waals surface area contributed by atoms with E-state index in [1.807, 2.05) is 0 Å². The summed E-state index contributed by atoms with van der Waals surface area (Å²) in [5.74, 6) is -1.68. The zero-order valence-corrected chi connectivity index (χ0v) is 6.75. The van der Waals surface area contributed by atoms with Crippen LogP contribution in [0.3, 0.4) is 0 Å². The summed E-state index contributed by atoms with van der Waals surface area (Å²) < 4.78 is 0. The third-order valence-electron chi connectivity index (χ3n) is 1.68. The Morgan fingerprint density at radius 1 is 1.23 bits per heavy atom. The van der Waals surface area contributed by atoms with Crippen LogP contribution in [0.5, 0.6) is 0 Å². The maximum absolute atomic E-state index is 10.2. The van der Waals surface area contributed by atoms with Crippen LogP contribution in [0, 0.1) is 0 Å². The highest BCUT2D eigenvalue weighted by atomic mass is 16.4. The van der Waals surface area contributed by atoms with E-state index in [9.17, 15) is 15.0 Å². The molecule has 4 nitrogen and oxygen atoms in total. The number of rotatable bonds is 3. The molecule has 0 radical (unpaired) electrons. The molecular weight excluding hydrogens is 172 g/mol. The highest BCUT2D eigenvalue weighted by Gasteiger charge is 2.18. The van der Waals surface area contributed by atoms with Crippen molar-refractivity contribution in [1.82, 2.24) is 0 Å². The molecule has 2 N–H and O–H groups in total. The van der Waals surface area contributed by atoms with Gasteiger partial charge in [0.15, 0.2) is 0 Å². The normalized spacial score (nSPS) is 14.9. The molecule has 0 aliphatic carbocycles. The molecule has 0 fully saturated rings. The van der Waals surface area contributed by atoms with Crippen LogP contribution in [0.25, 0.3) is 0 Å². The molecule has 1 aromatic carbocycles. The Kier molecular flexibility index (Phi) is 3.00. The molecule has 0 saturated carbocycles. The maximum Gasteiger partial charge on any atom is 0.123 e. The molecule has 0 heterocycles. The molecule has 2 atom stereocenters. The van der Waals surface area contributed by atoms with Gasteiger partial charge in [0.05, 0.1) is 5.97 Å². The summed E-state index contributed by atoms with van der Waals surface area (Å²) in [6.07, 6.45) is -3.33. The van der Waals surface area contributed by atoms with Gasteiger partial charge in [-0.05, 0) is 5.56 Å². The maximum atomic E-state index is 10.2. The summed E-state index contributed by atoms with van der Waals surface area (Å²) in [6.45, 7) is 0. The largest absolute Gasteiger partial charge is 0.547 e. The highest BCUT2D eigenvalue weighted by molar-refractivity contribution is 5.70. The smallest absolute Gasteiger partial charge is 0.123 e. The number of hydrogen-bond donors (Lipinski definition) is 2. The number of aliphatic hydroxyl groups is 2. The predicted octanol–water partition coefficient (Wildman–Crippen LogP) is -1.17. The Morgan fingerprint density at radius 3 is 2.23 bits per heavy atom. The first-order valence-electron chi connectivity index (χ1n) is 3.75. The fraction of sp³-hybridized carbons (Fsp3) is 0.222. The van der Waals surface area contributed by atoms with Crippen molar-refractivity contribution in [1.29, 1.82) is 0 Å². The van der Waals surface area contributed by atoms with E-state index in [-0.39, 0.29) is 0 Å². The van der Waals surface area contributed by atoms with Crippen molar-refractivity contribution in [2.45, 2.75) is 12.2 Å². The van der Waals surface area contributed by atoms with Crippen molar-refractivity contribution in [2.75, 3.05) is 0 Å². The molecule has 13 heavy (non-hydrogen) atoms. The molecule has 0 aliphatic heterocycles. The second-order valence-electron chi connectivity index (χ2n) is 2.62. The van der Waals surface area contributed by atoms with Gasteiger partial charge in [-0.2, -0.15) is 0 Å². The van der Waals surface area contributed by atoms with Gasteiger partial charge >= 0.3 is 0 Å². The minimum atomic E-state index is -1.89. The van der Waals surface area contributed by atoms with E-state index in [0.717, 1.165) is 0 Å². The number of aliphatic hydroxyl groups excluding tert-OH is 2. The first-order valence-corrected chi connectivity index (χ1v) is 3.75. The lowest BCUT2D eigenvalue weighted by Gasteiger charge is -2.18. The van der Waals surface area contributed by atoms with Crippen LogP contribution < -0.4 is 5.11 Å². The number of carboxylic acid groups (broad SMARTS) is 1. The molecule has 1 aromatic rings. The number of hydrogen-bond acceptors (Lipinski definition) is 4. The molecular formula is C9H9O4-. The van der Waals surface area contributed by atoms with E-state index >= 15 is 0 Å². The number of carbonyl (C=O) groups excluding carboxylic acids is 1. The van der Waals surface area contributed by atoms with Crippen molar-refractivity contribution in [3.63, 3.8) is 0 Å². The lowest BCUT2D eigenvalue weighted by Crippen LogP contribution is -2.39. The fourth-order valence-electron chi connectivity index (χ4n) is 0.961. The summed E-state index contributed by atoms with van der Waals surface area (Å²) >= 11 is 0. The van der Waals surface area contributed by atoms with Crippen molar-refractivity contribution in [3.8, 4) is 0 Å². The van der Waals surface area contributed by atoms with Crippen LogP contribution in [-0.4, -0.2) is 22.3 Å². The first kappa shape index (κ1) is 9.70. The molecule has 0 unspecified atom stereocenters. The third kappa shape index (κ3) is 2.27. The fourth-order valence-corrected chi connectivity index (χ4v) is 0.961. The highest BCUT2D eigenvalue weighted by Crippen LogP contribution is 2.15. The van der Waals surface area contributed by atoms with Gasteiger partial charge in [0.25, 0.3) is 0 Å². The molecule has 4 heteroatoms.